The molecule has 0 spiro atoms. The fourth-order valence-corrected chi connectivity index (χ4v) is 5.05. The standard InChI is InChI=1S/C29H37N5O10/c1-3-43-29(42)33-10-8-32(9-11-33)28(41)19(6-7-26(38)39)31-27(40)21-13-24(18-5-4-17(2)12-20(18)30-21)44-16-25(37)34-14-22(35)23(36)15-34/h4-5,12-13,19,22-23,35-36H,3,6-11,14-16H2,1-2H3,(H,31,40)(H,38,39)/t19?,22-,23-/m0/s1. The van der Waals surface area contributed by atoms with Gasteiger partial charge in [-0.15, -0.1) is 0 Å². The zero-order valence-corrected chi connectivity index (χ0v) is 24.6. The molecule has 4 rings (SSSR count). The van der Waals surface area contributed by atoms with Gasteiger partial charge in [0.1, 0.15) is 17.5 Å². The van der Waals surface area contributed by atoms with Crippen molar-refractivity contribution in [3.05, 3.63) is 35.5 Å². The maximum Gasteiger partial charge on any atom is 0.409 e. The van der Waals surface area contributed by atoms with Crippen molar-refractivity contribution in [2.75, 3.05) is 52.5 Å². The highest BCUT2D eigenvalue weighted by Crippen LogP contribution is 2.27. The summed E-state index contributed by atoms with van der Waals surface area (Å²) in [6.07, 6.45) is -3.12. The molecule has 2 aromatic rings. The molecule has 1 unspecified atom stereocenters. The average molecular weight is 616 g/mol. The van der Waals surface area contributed by atoms with E-state index in [-0.39, 0.29) is 70.2 Å². The number of fused-ring (bicyclic) bond motifs is 1. The molecule has 3 heterocycles. The summed E-state index contributed by atoms with van der Waals surface area (Å²) < 4.78 is 10.8. The number of aliphatic hydroxyl groups excluding tert-OH is 2. The number of β-amino-alcohol motifs (C(OH)–C–C–N with tert-alkyl or cyclic N) is 2. The molecule has 4 amide bonds. The minimum Gasteiger partial charge on any atom is -0.483 e. The van der Waals surface area contributed by atoms with Crippen LogP contribution in [0.15, 0.2) is 24.3 Å². The zero-order chi connectivity index (χ0) is 32.0. The normalized spacial score (nSPS) is 19.0. The van der Waals surface area contributed by atoms with Crippen LogP contribution in [0.2, 0.25) is 0 Å². The lowest BCUT2D eigenvalue weighted by molar-refractivity contribution is -0.138. The topological polar surface area (TPSA) is 199 Å². The van der Waals surface area contributed by atoms with Crippen LogP contribution in [-0.2, 0) is 19.1 Å². The molecule has 0 bridgehead atoms. The number of carboxylic acid groups (broad SMARTS) is 1. The van der Waals surface area contributed by atoms with Crippen LogP contribution in [0.3, 0.4) is 0 Å². The lowest BCUT2D eigenvalue weighted by atomic mass is 10.1. The Kier molecular flexibility index (Phi) is 10.5. The predicted molar refractivity (Wildman–Crippen MR) is 154 cm³/mol. The second-order valence-electron chi connectivity index (χ2n) is 10.7. The van der Waals surface area contributed by atoms with Crippen LogP contribution >= 0.6 is 0 Å². The smallest absolute Gasteiger partial charge is 0.409 e. The molecule has 1 aromatic carbocycles. The Morgan fingerprint density at radius 1 is 1.00 bits per heavy atom. The molecule has 2 fully saturated rings. The van der Waals surface area contributed by atoms with Gasteiger partial charge >= 0.3 is 12.1 Å². The SMILES string of the molecule is CCOC(=O)N1CCN(C(=O)C(CCC(=O)O)NC(=O)c2cc(OCC(=O)N3C[C@H](O)[C@@H](O)C3)c3ccc(C)cc3n2)CC1. The number of rotatable bonds is 10. The fraction of sp³-hybridized carbons (Fsp3) is 0.517. The number of carbonyl (C=O) groups excluding carboxylic acids is 4. The Morgan fingerprint density at radius 3 is 2.30 bits per heavy atom. The summed E-state index contributed by atoms with van der Waals surface area (Å²) in [7, 11) is 0. The highest BCUT2D eigenvalue weighted by molar-refractivity contribution is 5.99. The number of pyridine rings is 1. The Hall–Kier alpha value is -4.50. The van der Waals surface area contributed by atoms with E-state index < -0.39 is 54.6 Å². The third-order valence-electron chi connectivity index (χ3n) is 7.49. The molecule has 15 heteroatoms. The number of amides is 4. The minimum absolute atomic E-state index is 0.0308. The quantitative estimate of drug-likeness (QED) is 0.275. The van der Waals surface area contributed by atoms with E-state index in [1.165, 1.54) is 20.8 Å². The van der Waals surface area contributed by atoms with E-state index in [4.69, 9.17) is 9.47 Å². The van der Waals surface area contributed by atoms with E-state index in [0.29, 0.717) is 10.9 Å². The number of carbonyl (C=O) groups is 5. The van der Waals surface area contributed by atoms with Gasteiger partial charge in [-0.05, 0) is 38.0 Å². The first-order valence-corrected chi connectivity index (χ1v) is 14.4. The number of ether oxygens (including phenoxy) is 2. The number of carboxylic acids is 1. The molecule has 0 saturated carbocycles. The van der Waals surface area contributed by atoms with Crippen molar-refractivity contribution in [2.24, 2.45) is 0 Å². The molecule has 1 aromatic heterocycles. The van der Waals surface area contributed by atoms with Crippen molar-refractivity contribution < 1.29 is 48.8 Å². The number of hydrogen-bond acceptors (Lipinski definition) is 10. The van der Waals surface area contributed by atoms with Crippen molar-refractivity contribution in [2.45, 2.75) is 44.9 Å². The van der Waals surface area contributed by atoms with E-state index in [9.17, 15) is 39.3 Å². The van der Waals surface area contributed by atoms with Crippen LogP contribution in [0.5, 0.6) is 5.75 Å². The van der Waals surface area contributed by atoms with Crippen molar-refractivity contribution in [1.82, 2.24) is 25.0 Å². The summed E-state index contributed by atoms with van der Waals surface area (Å²) in [6.45, 7) is 4.08. The fourth-order valence-electron chi connectivity index (χ4n) is 5.05. The van der Waals surface area contributed by atoms with Gasteiger partial charge in [-0.3, -0.25) is 19.2 Å². The first-order chi connectivity index (χ1) is 21.0. The number of hydrogen-bond donors (Lipinski definition) is 4. The van der Waals surface area contributed by atoms with E-state index >= 15 is 0 Å². The molecule has 238 valence electrons. The molecule has 2 aliphatic heterocycles. The number of piperazine rings is 1. The zero-order valence-electron chi connectivity index (χ0n) is 24.6. The van der Waals surface area contributed by atoms with Crippen LogP contribution in [0.1, 0.15) is 35.8 Å². The van der Waals surface area contributed by atoms with Gasteiger partial charge in [0.05, 0.1) is 24.3 Å². The molecule has 0 aliphatic carbocycles. The molecule has 0 radical (unpaired) electrons. The second kappa shape index (κ2) is 14.3. The Bertz CT molecular complexity index is 1400. The number of benzene rings is 1. The van der Waals surface area contributed by atoms with Crippen LogP contribution in [0, 0.1) is 6.92 Å². The van der Waals surface area contributed by atoms with Gasteiger partial charge in [-0.1, -0.05) is 6.07 Å². The van der Waals surface area contributed by atoms with E-state index in [1.807, 2.05) is 13.0 Å². The molecular weight excluding hydrogens is 578 g/mol. The van der Waals surface area contributed by atoms with Crippen LogP contribution in [0.25, 0.3) is 10.9 Å². The summed E-state index contributed by atoms with van der Waals surface area (Å²) in [4.78, 5) is 71.6. The van der Waals surface area contributed by atoms with E-state index in [2.05, 4.69) is 10.3 Å². The van der Waals surface area contributed by atoms with Gasteiger partial charge in [-0.25, -0.2) is 9.78 Å². The lowest BCUT2D eigenvalue weighted by Crippen LogP contribution is -2.56. The number of nitrogens with zero attached hydrogens (tertiary/aromatic N) is 4. The third kappa shape index (κ3) is 7.90. The Labute approximate surface area is 253 Å². The van der Waals surface area contributed by atoms with Gasteiger partial charge in [0.15, 0.2) is 6.61 Å². The number of aryl methyl sites for hydroxylation is 1. The summed E-state index contributed by atoms with van der Waals surface area (Å²) in [5.74, 6) is -2.66. The van der Waals surface area contributed by atoms with Crippen LogP contribution in [0.4, 0.5) is 4.79 Å². The van der Waals surface area contributed by atoms with Crippen LogP contribution < -0.4 is 10.1 Å². The highest BCUT2D eigenvalue weighted by Gasteiger charge is 2.33. The number of aromatic nitrogens is 1. The minimum atomic E-state index is -1.18. The monoisotopic (exact) mass is 615 g/mol. The second-order valence-corrected chi connectivity index (χ2v) is 10.7. The number of aliphatic hydroxyl groups is 2. The molecule has 2 saturated heterocycles. The molecular formula is C29H37N5O10. The summed E-state index contributed by atoms with van der Waals surface area (Å²) in [6, 6.07) is 5.43. The maximum absolute atomic E-state index is 13.5. The van der Waals surface area contributed by atoms with Gasteiger partial charge < -0.3 is 44.8 Å². The van der Waals surface area contributed by atoms with Crippen molar-refractivity contribution in [3.8, 4) is 5.75 Å². The van der Waals surface area contributed by atoms with Crippen LogP contribution in [-0.4, -0.2) is 136 Å². The highest BCUT2D eigenvalue weighted by atomic mass is 16.6. The van der Waals surface area contributed by atoms with Gasteiger partial charge in [-0.2, -0.15) is 0 Å². The molecule has 44 heavy (non-hydrogen) atoms. The van der Waals surface area contributed by atoms with Gasteiger partial charge in [0.2, 0.25) is 5.91 Å². The molecule has 3 atom stereocenters. The Balaban J connectivity index is 1.51. The first kappa shape index (κ1) is 32.4. The first-order valence-electron chi connectivity index (χ1n) is 14.4. The van der Waals surface area contributed by atoms with Crippen molar-refractivity contribution in [3.63, 3.8) is 0 Å². The third-order valence-corrected chi connectivity index (χ3v) is 7.49. The number of aliphatic carboxylic acids is 1. The summed E-state index contributed by atoms with van der Waals surface area (Å²) >= 11 is 0. The molecule has 15 nitrogen and oxygen atoms in total. The van der Waals surface area contributed by atoms with Crippen molar-refractivity contribution >= 4 is 40.7 Å². The molecule has 4 N–H and O–H groups in total. The van der Waals surface area contributed by atoms with Gasteiger partial charge in [0, 0.05) is 57.1 Å². The van der Waals surface area contributed by atoms with E-state index in [0.717, 1.165) is 5.56 Å². The largest absolute Gasteiger partial charge is 0.483 e. The molecule has 2 aliphatic rings. The summed E-state index contributed by atoms with van der Waals surface area (Å²) in [5.41, 5.74) is 1.13. The lowest BCUT2D eigenvalue weighted by Gasteiger charge is -2.35. The summed E-state index contributed by atoms with van der Waals surface area (Å²) in [5, 5.41) is 31.9. The Morgan fingerprint density at radius 2 is 1.66 bits per heavy atom. The number of likely N-dealkylation sites (tertiary alicyclic amines) is 1. The average Bonchev–Trinajstić information content (AvgIpc) is 3.34. The number of nitrogens with one attached hydrogen (secondary N) is 1. The van der Waals surface area contributed by atoms with Crippen molar-refractivity contribution in [1.29, 1.82) is 0 Å². The van der Waals surface area contributed by atoms with E-state index in [1.54, 1.807) is 19.1 Å². The maximum atomic E-state index is 13.5. The van der Waals surface area contributed by atoms with Gasteiger partial charge in [0.25, 0.3) is 11.8 Å². The predicted octanol–water partition coefficient (Wildman–Crippen LogP) is -0.250.